The molecule has 0 aliphatic heterocycles. The highest BCUT2D eigenvalue weighted by Gasteiger charge is 2.26. The van der Waals surface area contributed by atoms with Crippen LogP contribution in [0.15, 0.2) is 57.7 Å². The lowest BCUT2D eigenvalue weighted by Crippen LogP contribution is -2.25. The first kappa shape index (κ1) is 21.9. The fourth-order valence-corrected chi connectivity index (χ4v) is 6.11. The van der Waals surface area contributed by atoms with Crippen LogP contribution in [0.4, 0.5) is 4.39 Å². The minimum Gasteiger partial charge on any atom is -0.424 e. The molecular weight excluding hydrogens is 456 g/mol. The molecule has 0 saturated heterocycles. The zero-order chi connectivity index (χ0) is 21.9. The molecule has 0 amide bonds. The topological polar surface area (TPSA) is 149 Å². The third kappa shape index (κ3) is 5.21. The maximum atomic E-state index is 13.6. The number of halogens is 1. The first-order valence-electron chi connectivity index (χ1n) is 8.09. The Morgan fingerprint density at radius 3 is 2.67 bits per heavy atom. The summed E-state index contributed by atoms with van der Waals surface area (Å²) in [5.41, 5.74) is 0.0255. The van der Waals surface area contributed by atoms with Crippen molar-refractivity contribution in [2.45, 2.75) is 4.21 Å². The lowest BCUT2D eigenvalue weighted by atomic mass is 10.2. The van der Waals surface area contributed by atoms with Crippen LogP contribution >= 0.6 is 18.9 Å². The molecule has 0 bridgehead atoms. The van der Waals surface area contributed by atoms with E-state index in [0.717, 1.165) is 29.5 Å². The lowest BCUT2D eigenvalue weighted by molar-refractivity contribution is 0.377. The van der Waals surface area contributed by atoms with Gasteiger partial charge in [-0.25, -0.2) is 17.4 Å². The van der Waals surface area contributed by atoms with E-state index in [1.165, 1.54) is 30.5 Å². The van der Waals surface area contributed by atoms with Crippen LogP contribution in [0.1, 0.15) is 5.56 Å². The maximum absolute atomic E-state index is 13.6. The van der Waals surface area contributed by atoms with E-state index in [-0.39, 0.29) is 21.1 Å². The molecule has 1 unspecified atom stereocenters. The van der Waals surface area contributed by atoms with Gasteiger partial charge in [0, 0.05) is 28.8 Å². The number of sulfonamides is 1. The number of rotatable bonds is 7. The second-order valence-corrected chi connectivity index (χ2v) is 10.7. The molecule has 0 saturated carbocycles. The Kier molecular flexibility index (Phi) is 6.21. The molecule has 3 N–H and O–H groups in total. The molecule has 1 aromatic carbocycles. The van der Waals surface area contributed by atoms with Crippen molar-refractivity contribution in [3.05, 3.63) is 70.4 Å². The lowest BCUT2D eigenvalue weighted by Gasteiger charge is -2.14. The number of aromatic nitrogens is 1. The monoisotopic (exact) mass is 469 g/mol. The van der Waals surface area contributed by atoms with Gasteiger partial charge in [0.1, 0.15) is 28.1 Å². The Balaban J connectivity index is 1.70. The number of hydrogen-bond acceptors (Lipinski definition) is 7. The highest BCUT2D eigenvalue weighted by Crippen LogP contribution is 2.42. The Hall–Kier alpha value is -2.81. The standard InChI is InChI=1S/C17H13FN3O6PS2/c18-14-7-13(3-1-11(14)8-19)27-28(23,24)10-21-30(25,26)17-6-4-15(29-17)12-2-5-16(22)20-9-12/h1-7,9,21H,10H2,(H,20,22)(H,23,24). The number of H-pyrrole nitrogens is 1. The van der Waals surface area contributed by atoms with Crippen molar-refractivity contribution >= 4 is 29.0 Å². The van der Waals surface area contributed by atoms with Gasteiger partial charge in [-0.2, -0.15) is 9.98 Å². The first-order chi connectivity index (χ1) is 14.1. The average molecular weight is 469 g/mol. The quantitative estimate of drug-likeness (QED) is 0.450. The van der Waals surface area contributed by atoms with E-state index in [2.05, 4.69) is 4.98 Å². The first-order valence-corrected chi connectivity index (χ1v) is 12.2. The third-order valence-electron chi connectivity index (χ3n) is 3.68. The van der Waals surface area contributed by atoms with E-state index < -0.39 is 29.7 Å². The summed E-state index contributed by atoms with van der Waals surface area (Å²) in [4.78, 5) is 24.1. The molecule has 156 valence electrons. The van der Waals surface area contributed by atoms with Crippen molar-refractivity contribution in [1.82, 2.24) is 9.71 Å². The van der Waals surface area contributed by atoms with Gasteiger partial charge in [0.25, 0.3) is 10.0 Å². The number of benzene rings is 1. The Bertz CT molecular complexity index is 1330. The van der Waals surface area contributed by atoms with Crippen LogP contribution in [0, 0.1) is 17.1 Å². The van der Waals surface area contributed by atoms with E-state index in [1.54, 1.807) is 6.07 Å². The van der Waals surface area contributed by atoms with Gasteiger partial charge in [0.2, 0.25) is 5.56 Å². The normalized spacial score (nSPS) is 13.4. The van der Waals surface area contributed by atoms with Gasteiger partial charge in [-0.1, -0.05) is 0 Å². The summed E-state index contributed by atoms with van der Waals surface area (Å²) in [6.45, 7) is 0. The van der Waals surface area contributed by atoms with Gasteiger partial charge in [-0.15, -0.1) is 11.3 Å². The molecule has 13 heteroatoms. The second-order valence-electron chi connectivity index (χ2n) is 5.85. The molecule has 30 heavy (non-hydrogen) atoms. The second kappa shape index (κ2) is 8.51. The van der Waals surface area contributed by atoms with Crippen LogP contribution in [0.5, 0.6) is 5.75 Å². The maximum Gasteiger partial charge on any atom is 0.391 e. The van der Waals surface area contributed by atoms with E-state index in [1.807, 2.05) is 4.72 Å². The van der Waals surface area contributed by atoms with Gasteiger partial charge >= 0.3 is 7.60 Å². The van der Waals surface area contributed by atoms with Crippen molar-refractivity contribution in [2.24, 2.45) is 0 Å². The zero-order valence-corrected chi connectivity index (χ0v) is 17.4. The highest BCUT2D eigenvalue weighted by atomic mass is 32.2. The number of nitrogens with one attached hydrogen (secondary N) is 2. The van der Waals surface area contributed by atoms with E-state index in [4.69, 9.17) is 9.79 Å². The molecule has 9 nitrogen and oxygen atoms in total. The van der Waals surface area contributed by atoms with Crippen LogP contribution in [0.25, 0.3) is 10.4 Å². The Morgan fingerprint density at radius 1 is 1.27 bits per heavy atom. The van der Waals surface area contributed by atoms with Crippen LogP contribution < -0.4 is 14.8 Å². The van der Waals surface area contributed by atoms with Crippen molar-refractivity contribution in [1.29, 1.82) is 5.26 Å². The third-order valence-corrected chi connectivity index (χ3v) is 7.97. The van der Waals surface area contributed by atoms with Gasteiger partial charge in [0.15, 0.2) is 0 Å². The molecule has 0 radical (unpaired) electrons. The summed E-state index contributed by atoms with van der Waals surface area (Å²) in [6.07, 6.45) is 0.479. The van der Waals surface area contributed by atoms with E-state index in [9.17, 15) is 27.1 Å². The van der Waals surface area contributed by atoms with Crippen LogP contribution in [0.2, 0.25) is 0 Å². The molecule has 0 aliphatic carbocycles. The van der Waals surface area contributed by atoms with Crippen molar-refractivity contribution in [2.75, 3.05) is 6.29 Å². The van der Waals surface area contributed by atoms with Crippen molar-refractivity contribution in [3.63, 3.8) is 0 Å². The largest absolute Gasteiger partial charge is 0.424 e. The fraction of sp³-hybridized carbons (Fsp3) is 0.0588. The van der Waals surface area contributed by atoms with Crippen LogP contribution in [0.3, 0.4) is 0 Å². The molecule has 1 atom stereocenters. The van der Waals surface area contributed by atoms with Crippen molar-refractivity contribution in [3.8, 4) is 22.3 Å². The smallest absolute Gasteiger partial charge is 0.391 e. The Morgan fingerprint density at radius 2 is 2.03 bits per heavy atom. The number of nitriles is 1. The highest BCUT2D eigenvalue weighted by molar-refractivity contribution is 7.92. The van der Waals surface area contributed by atoms with Gasteiger partial charge in [0.05, 0.1) is 5.56 Å². The van der Waals surface area contributed by atoms with Crippen molar-refractivity contribution < 1.29 is 26.8 Å². The minimum atomic E-state index is -4.51. The number of pyridine rings is 1. The SMILES string of the molecule is N#Cc1ccc(OP(=O)(O)CNS(=O)(=O)c2ccc(-c3ccc(=O)[nH]c3)s2)cc1F. The predicted molar refractivity (Wildman–Crippen MR) is 107 cm³/mol. The van der Waals surface area contributed by atoms with Crippen LogP contribution in [-0.2, 0) is 14.6 Å². The molecule has 3 rings (SSSR count). The number of thiophene rings is 1. The zero-order valence-electron chi connectivity index (χ0n) is 14.9. The summed E-state index contributed by atoms with van der Waals surface area (Å²) in [5.74, 6) is -1.27. The fourth-order valence-electron chi connectivity index (χ4n) is 2.26. The summed E-state index contributed by atoms with van der Waals surface area (Å²) < 4.78 is 57.3. The molecule has 2 aromatic heterocycles. The number of hydrogen-bond donors (Lipinski definition) is 3. The molecule has 3 aromatic rings. The summed E-state index contributed by atoms with van der Waals surface area (Å²) >= 11 is 0.895. The Labute approximate surface area is 174 Å². The summed E-state index contributed by atoms with van der Waals surface area (Å²) in [7, 11) is -8.64. The van der Waals surface area contributed by atoms with Gasteiger partial charge < -0.3 is 14.4 Å². The van der Waals surface area contributed by atoms with E-state index in [0.29, 0.717) is 10.4 Å². The number of aromatic amines is 1. The molecule has 2 heterocycles. The molecule has 0 fully saturated rings. The minimum absolute atomic E-state index is 0.117. The molecule has 0 aliphatic rings. The molecule has 0 spiro atoms. The molecular formula is C17H13FN3O6PS2. The number of nitrogens with zero attached hydrogens (tertiary/aromatic N) is 1. The van der Waals surface area contributed by atoms with Gasteiger partial charge in [-0.3, -0.25) is 4.79 Å². The average Bonchev–Trinajstić information content (AvgIpc) is 3.18. The summed E-state index contributed by atoms with van der Waals surface area (Å²) in [6, 6.07) is 10.2. The van der Waals surface area contributed by atoms with Gasteiger partial charge in [-0.05, 0) is 30.3 Å². The summed E-state index contributed by atoms with van der Waals surface area (Å²) in [5, 5.41) is 8.68. The van der Waals surface area contributed by atoms with Crippen LogP contribution in [-0.4, -0.2) is 24.6 Å². The predicted octanol–water partition coefficient (Wildman–Crippen LogP) is 2.61. The van der Waals surface area contributed by atoms with E-state index >= 15 is 0 Å².